The van der Waals surface area contributed by atoms with Crippen LogP contribution in [-0.2, 0) is 0 Å². The zero-order valence-electron chi connectivity index (χ0n) is 17.3. The first kappa shape index (κ1) is 21.7. The maximum Gasteiger partial charge on any atom is 0.412 e. The van der Waals surface area contributed by atoms with Crippen LogP contribution in [0.1, 0.15) is 24.4 Å². The third-order valence-corrected chi connectivity index (χ3v) is 5.16. The van der Waals surface area contributed by atoms with Gasteiger partial charge in [-0.2, -0.15) is 5.10 Å². The minimum atomic E-state index is -1.09. The molecule has 1 amide bonds. The number of hydrogen-bond acceptors (Lipinski definition) is 9. The molecule has 170 valence electrons. The van der Waals surface area contributed by atoms with Crippen molar-refractivity contribution >= 4 is 17.6 Å². The molecular formula is C20H23FN6O5. The van der Waals surface area contributed by atoms with E-state index in [1.54, 1.807) is 12.3 Å². The van der Waals surface area contributed by atoms with Gasteiger partial charge in [0, 0.05) is 24.8 Å². The van der Waals surface area contributed by atoms with E-state index in [2.05, 4.69) is 20.4 Å². The molecule has 0 aromatic carbocycles. The average Bonchev–Trinajstić information content (AvgIpc) is 3.44. The van der Waals surface area contributed by atoms with E-state index in [9.17, 15) is 14.3 Å². The minimum Gasteiger partial charge on any atom is -0.481 e. The maximum atomic E-state index is 13.9. The lowest BCUT2D eigenvalue weighted by Gasteiger charge is -2.26. The third kappa shape index (κ3) is 4.41. The van der Waals surface area contributed by atoms with Crippen LogP contribution in [0.15, 0.2) is 30.7 Å². The van der Waals surface area contributed by atoms with Crippen molar-refractivity contribution in [1.82, 2.24) is 24.9 Å². The van der Waals surface area contributed by atoms with Gasteiger partial charge in [-0.1, -0.05) is 0 Å². The number of fused-ring (bicyclic) bond motifs is 1. The van der Waals surface area contributed by atoms with Crippen molar-refractivity contribution in [2.45, 2.75) is 25.0 Å². The first-order chi connectivity index (χ1) is 15.5. The van der Waals surface area contributed by atoms with Crippen LogP contribution in [0.2, 0.25) is 0 Å². The fraction of sp³-hybridized carbons (Fsp3) is 0.400. The van der Waals surface area contributed by atoms with Crippen molar-refractivity contribution in [2.24, 2.45) is 0 Å². The highest BCUT2D eigenvalue weighted by atomic mass is 19.1. The van der Waals surface area contributed by atoms with Gasteiger partial charge >= 0.3 is 6.09 Å². The summed E-state index contributed by atoms with van der Waals surface area (Å²) >= 11 is 0. The highest BCUT2D eigenvalue weighted by Crippen LogP contribution is 2.39. The number of anilines is 1. The summed E-state index contributed by atoms with van der Waals surface area (Å²) < 4.78 is 25.9. The van der Waals surface area contributed by atoms with E-state index in [0.717, 1.165) is 19.0 Å². The summed E-state index contributed by atoms with van der Waals surface area (Å²) in [6.45, 7) is 0.0497. The molecule has 4 heterocycles. The number of carbonyl (C=O) groups excluding carboxylic acids is 1. The smallest absolute Gasteiger partial charge is 0.412 e. The number of halogens is 1. The van der Waals surface area contributed by atoms with Crippen LogP contribution in [0.5, 0.6) is 11.6 Å². The van der Waals surface area contributed by atoms with E-state index >= 15 is 0 Å². The SMILES string of the molecule is COc1ncc(F)cc1[C@H]1CCCN1c1ccn2ncc(OC(=O)NC[C@@H](O)CO)c2n1. The van der Waals surface area contributed by atoms with Crippen molar-refractivity contribution in [3.63, 3.8) is 0 Å². The zero-order chi connectivity index (χ0) is 22.7. The Kier molecular flexibility index (Phi) is 6.32. The number of hydrogen-bond donors (Lipinski definition) is 3. The van der Waals surface area contributed by atoms with Crippen molar-refractivity contribution in [2.75, 3.05) is 31.7 Å². The number of aliphatic hydroxyl groups is 2. The Bertz CT molecular complexity index is 1110. The maximum absolute atomic E-state index is 13.9. The van der Waals surface area contributed by atoms with Crippen molar-refractivity contribution < 1.29 is 28.9 Å². The van der Waals surface area contributed by atoms with Gasteiger partial charge in [-0.25, -0.2) is 23.7 Å². The van der Waals surface area contributed by atoms with Crippen molar-refractivity contribution in [1.29, 1.82) is 0 Å². The number of nitrogens with zero attached hydrogens (tertiary/aromatic N) is 5. The number of amides is 1. The summed E-state index contributed by atoms with van der Waals surface area (Å²) in [6.07, 6.45) is 3.91. The number of methoxy groups -OCH3 is 1. The van der Waals surface area contributed by atoms with Gasteiger partial charge in [0.2, 0.25) is 11.5 Å². The number of ether oxygens (including phenoxy) is 2. The van der Waals surface area contributed by atoms with Gasteiger partial charge in [-0.15, -0.1) is 0 Å². The topological polar surface area (TPSA) is 134 Å². The first-order valence-corrected chi connectivity index (χ1v) is 10.0. The quantitative estimate of drug-likeness (QED) is 0.487. The summed E-state index contributed by atoms with van der Waals surface area (Å²) in [6, 6.07) is 3.02. The van der Waals surface area contributed by atoms with E-state index in [1.807, 2.05) is 4.90 Å². The molecule has 0 radical (unpaired) electrons. The molecule has 12 heteroatoms. The summed E-state index contributed by atoms with van der Waals surface area (Å²) in [5, 5.41) is 24.7. The Labute approximate surface area is 182 Å². The van der Waals surface area contributed by atoms with Crippen LogP contribution in [0, 0.1) is 5.82 Å². The number of aliphatic hydroxyl groups excluding tert-OH is 2. The molecule has 1 aliphatic heterocycles. The number of nitrogens with one attached hydrogen (secondary N) is 1. The molecule has 1 fully saturated rings. The largest absolute Gasteiger partial charge is 0.481 e. The van der Waals surface area contributed by atoms with Crippen LogP contribution < -0.4 is 19.7 Å². The molecule has 0 unspecified atom stereocenters. The molecule has 3 N–H and O–H groups in total. The van der Waals surface area contributed by atoms with Crippen LogP contribution >= 0.6 is 0 Å². The van der Waals surface area contributed by atoms with Crippen molar-refractivity contribution in [3.8, 4) is 11.6 Å². The van der Waals surface area contributed by atoms with Crippen molar-refractivity contribution in [3.05, 3.63) is 42.1 Å². The number of aromatic nitrogens is 4. The van der Waals surface area contributed by atoms with Crippen LogP contribution in [-0.4, -0.2) is 68.8 Å². The Balaban J connectivity index is 1.59. The fourth-order valence-electron chi connectivity index (χ4n) is 3.69. The van der Waals surface area contributed by atoms with Gasteiger partial charge in [0.15, 0.2) is 5.75 Å². The lowest BCUT2D eigenvalue weighted by Crippen LogP contribution is -2.35. The summed E-state index contributed by atoms with van der Waals surface area (Å²) in [4.78, 5) is 22.7. The molecule has 11 nitrogen and oxygen atoms in total. The van der Waals surface area contributed by atoms with E-state index in [0.29, 0.717) is 29.5 Å². The standard InChI is InChI=1S/C20H23FN6O5/c1-31-19-14(7-12(21)8-22-19)15-3-2-5-26(15)17-4-6-27-18(25-17)16(10-24-27)32-20(30)23-9-13(29)11-28/h4,6-8,10,13,15,28-29H,2-3,5,9,11H2,1H3,(H,23,30)/t13-,15-/m1/s1. The van der Waals surface area contributed by atoms with Gasteiger partial charge < -0.3 is 29.9 Å². The molecule has 2 atom stereocenters. The van der Waals surface area contributed by atoms with Gasteiger partial charge in [0.05, 0.1) is 38.3 Å². The lowest BCUT2D eigenvalue weighted by molar-refractivity contribution is 0.0937. The van der Waals surface area contributed by atoms with Gasteiger partial charge in [-0.05, 0) is 25.0 Å². The van der Waals surface area contributed by atoms with Crippen LogP contribution in [0.3, 0.4) is 0 Å². The predicted octanol–water partition coefficient (Wildman–Crippen LogP) is 1.06. The third-order valence-electron chi connectivity index (χ3n) is 5.16. The predicted molar refractivity (Wildman–Crippen MR) is 110 cm³/mol. The fourth-order valence-corrected chi connectivity index (χ4v) is 3.69. The van der Waals surface area contributed by atoms with E-state index < -0.39 is 24.6 Å². The molecule has 0 saturated carbocycles. The first-order valence-electron chi connectivity index (χ1n) is 10.0. The highest BCUT2D eigenvalue weighted by molar-refractivity contribution is 5.73. The lowest BCUT2D eigenvalue weighted by atomic mass is 10.1. The molecule has 32 heavy (non-hydrogen) atoms. The zero-order valence-corrected chi connectivity index (χ0v) is 17.3. The van der Waals surface area contributed by atoms with Crippen LogP contribution in [0.4, 0.5) is 15.0 Å². The minimum absolute atomic E-state index is 0.128. The molecular weight excluding hydrogens is 423 g/mol. The normalized spacial score (nSPS) is 16.9. The second-order valence-corrected chi connectivity index (χ2v) is 7.27. The Morgan fingerprint density at radius 3 is 3.06 bits per heavy atom. The summed E-state index contributed by atoms with van der Waals surface area (Å²) in [5.41, 5.74) is 0.953. The van der Waals surface area contributed by atoms with E-state index in [1.165, 1.54) is 23.9 Å². The molecule has 3 aromatic rings. The Hall–Kier alpha value is -3.51. The van der Waals surface area contributed by atoms with Crippen LogP contribution in [0.25, 0.3) is 5.65 Å². The summed E-state index contributed by atoms with van der Waals surface area (Å²) in [5.74, 6) is 0.649. The molecule has 1 saturated heterocycles. The second-order valence-electron chi connectivity index (χ2n) is 7.27. The van der Waals surface area contributed by atoms with Gasteiger partial charge in [0.25, 0.3) is 0 Å². The Morgan fingerprint density at radius 1 is 1.44 bits per heavy atom. The molecule has 0 aliphatic carbocycles. The van der Waals surface area contributed by atoms with E-state index in [-0.39, 0.29) is 18.3 Å². The average molecular weight is 446 g/mol. The van der Waals surface area contributed by atoms with Gasteiger partial charge in [0.1, 0.15) is 11.6 Å². The monoisotopic (exact) mass is 446 g/mol. The molecule has 0 spiro atoms. The number of carbonyl (C=O) groups is 1. The number of rotatable bonds is 7. The van der Waals surface area contributed by atoms with Gasteiger partial charge in [-0.3, -0.25) is 0 Å². The number of pyridine rings is 1. The van der Waals surface area contributed by atoms with E-state index in [4.69, 9.17) is 14.6 Å². The Morgan fingerprint density at radius 2 is 2.28 bits per heavy atom. The summed E-state index contributed by atoms with van der Waals surface area (Å²) in [7, 11) is 1.49. The second kappa shape index (κ2) is 9.32. The molecule has 0 bridgehead atoms. The molecule has 3 aromatic heterocycles. The molecule has 1 aliphatic rings. The molecule has 4 rings (SSSR count). The highest BCUT2D eigenvalue weighted by Gasteiger charge is 2.31.